The first-order valence-electron chi connectivity index (χ1n) is 8.20. The molecule has 1 aromatic carbocycles. The molecule has 27 heavy (non-hydrogen) atoms. The number of nitrogens with zero attached hydrogens (tertiary/aromatic N) is 1. The average molecular weight is 399 g/mol. The number of benzene rings is 1. The maximum absolute atomic E-state index is 12.5. The third-order valence-corrected chi connectivity index (χ3v) is 3.72. The predicted molar refractivity (Wildman–Crippen MR) is 99.7 cm³/mol. The summed E-state index contributed by atoms with van der Waals surface area (Å²) < 4.78 is 13.6. The standard InChI is InChI=1S/C16H14ClFN2O5.C2H6/c17-10-1-2-11-9(5-10)3-4-20(16(11)25)8-14(22)19-12(6-15(23)24)13(21)7-18;1-2/h1-5,12H,6-8H2,(H,19,22)(H,23,24);1-2H3. The average Bonchev–Trinajstić information content (AvgIpc) is 2.64. The summed E-state index contributed by atoms with van der Waals surface area (Å²) in [5, 5.41) is 12.3. The molecule has 2 rings (SSSR count). The van der Waals surface area contributed by atoms with Gasteiger partial charge in [-0.25, -0.2) is 4.39 Å². The summed E-state index contributed by atoms with van der Waals surface area (Å²) in [6.07, 6.45) is 0.642. The molecule has 7 nitrogen and oxygen atoms in total. The van der Waals surface area contributed by atoms with Crippen molar-refractivity contribution in [1.29, 1.82) is 0 Å². The molecule has 0 saturated carbocycles. The van der Waals surface area contributed by atoms with E-state index in [2.05, 4.69) is 5.32 Å². The second-order valence-corrected chi connectivity index (χ2v) is 5.73. The second kappa shape index (κ2) is 10.4. The Hall–Kier alpha value is -2.74. The lowest BCUT2D eigenvalue weighted by Gasteiger charge is -2.15. The van der Waals surface area contributed by atoms with Crippen LogP contribution in [0, 0.1) is 0 Å². The Labute approximate surface area is 159 Å². The summed E-state index contributed by atoms with van der Waals surface area (Å²) in [4.78, 5) is 46.4. The van der Waals surface area contributed by atoms with Crippen molar-refractivity contribution < 1.29 is 23.9 Å². The highest BCUT2D eigenvalue weighted by Gasteiger charge is 2.23. The Morgan fingerprint density at radius 1 is 1.26 bits per heavy atom. The number of aliphatic carboxylic acids is 1. The minimum absolute atomic E-state index is 0.349. The topological polar surface area (TPSA) is 105 Å². The van der Waals surface area contributed by atoms with Crippen LogP contribution in [0.1, 0.15) is 20.3 Å². The van der Waals surface area contributed by atoms with Crippen molar-refractivity contribution in [2.45, 2.75) is 32.9 Å². The highest BCUT2D eigenvalue weighted by Crippen LogP contribution is 2.16. The molecule has 0 radical (unpaired) electrons. The van der Waals surface area contributed by atoms with Crippen molar-refractivity contribution in [2.24, 2.45) is 0 Å². The SMILES string of the molecule is CC.O=C(O)CC(NC(=O)Cn1ccc2cc(Cl)ccc2c1=O)C(=O)CF. The van der Waals surface area contributed by atoms with Gasteiger partial charge in [-0.2, -0.15) is 0 Å². The molecule has 1 atom stereocenters. The van der Waals surface area contributed by atoms with E-state index in [1.54, 1.807) is 18.2 Å². The van der Waals surface area contributed by atoms with Crippen LogP contribution < -0.4 is 10.9 Å². The molecule has 1 heterocycles. The van der Waals surface area contributed by atoms with E-state index in [0.717, 1.165) is 4.57 Å². The molecule has 0 aliphatic heterocycles. The van der Waals surface area contributed by atoms with Crippen LogP contribution in [0.25, 0.3) is 10.8 Å². The van der Waals surface area contributed by atoms with Crippen LogP contribution in [-0.4, -0.2) is 40.0 Å². The number of hydrogen-bond donors (Lipinski definition) is 2. The van der Waals surface area contributed by atoms with Crippen molar-refractivity contribution in [3.05, 3.63) is 45.8 Å². The zero-order valence-electron chi connectivity index (χ0n) is 14.9. The van der Waals surface area contributed by atoms with Gasteiger partial charge in [0.2, 0.25) is 5.91 Å². The van der Waals surface area contributed by atoms with Crippen molar-refractivity contribution in [1.82, 2.24) is 9.88 Å². The van der Waals surface area contributed by atoms with Gasteiger partial charge in [0.25, 0.3) is 5.56 Å². The number of aromatic nitrogens is 1. The number of carboxylic acids is 1. The largest absolute Gasteiger partial charge is 0.481 e. The van der Waals surface area contributed by atoms with Crippen LogP contribution in [0.5, 0.6) is 0 Å². The molecule has 1 unspecified atom stereocenters. The lowest BCUT2D eigenvalue weighted by Crippen LogP contribution is -2.45. The Bertz CT molecular complexity index is 897. The molecule has 2 aromatic rings. The Morgan fingerprint density at radius 2 is 1.93 bits per heavy atom. The van der Waals surface area contributed by atoms with Gasteiger partial charge in [-0.3, -0.25) is 19.2 Å². The van der Waals surface area contributed by atoms with Gasteiger partial charge >= 0.3 is 5.97 Å². The summed E-state index contributed by atoms with van der Waals surface area (Å²) in [5.41, 5.74) is -0.448. The minimum Gasteiger partial charge on any atom is -0.481 e. The van der Waals surface area contributed by atoms with Crippen molar-refractivity contribution >= 4 is 40.0 Å². The molecule has 146 valence electrons. The van der Waals surface area contributed by atoms with E-state index in [9.17, 15) is 23.6 Å². The van der Waals surface area contributed by atoms with Crippen LogP contribution in [0.15, 0.2) is 35.3 Å². The van der Waals surface area contributed by atoms with Gasteiger partial charge < -0.3 is 15.0 Å². The van der Waals surface area contributed by atoms with E-state index in [-0.39, 0.29) is 0 Å². The number of amides is 1. The van der Waals surface area contributed by atoms with E-state index in [1.807, 2.05) is 13.8 Å². The maximum atomic E-state index is 12.5. The maximum Gasteiger partial charge on any atom is 0.305 e. The van der Waals surface area contributed by atoms with Gasteiger partial charge in [0.1, 0.15) is 19.3 Å². The number of rotatable bonds is 7. The number of fused-ring (bicyclic) bond motifs is 1. The molecule has 0 fully saturated rings. The van der Waals surface area contributed by atoms with Crippen LogP contribution in [0.2, 0.25) is 5.02 Å². The Morgan fingerprint density at radius 3 is 2.52 bits per heavy atom. The molecular weight excluding hydrogens is 379 g/mol. The quantitative estimate of drug-likeness (QED) is 0.743. The van der Waals surface area contributed by atoms with Crippen LogP contribution in [-0.2, 0) is 20.9 Å². The first kappa shape index (κ1) is 22.3. The molecular formula is C18H20ClFN2O5. The van der Waals surface area contributed by atoms with Gasteiger partial charge in [-0.05, 0) is 29.7 Å². The Kier molecular flexibility index (Phi) is 8.61. The van der Waals surface area contributed by atoms with Gasteiger partial charge in [-0.1, -0.05) is 25.4 Å². The lowest BCUT2D eigenvalue weighted by molar-refractivity contribution is -0.140. The third-order valence-electron chi connectivity index (χ3n) is 3.49. The van der Waals surface area contributed by atoms with Gasteiger partial charge in [0.05, 0.1) is 6.42 Å². The van der Waals surface area contributed by atoms with Gasteiger partial charge in [0, 0.05) is 16.6 Å². The monoisotopic (exact) mass is 398 g/mol. The normalized spacial score (nSPS) is 11.3. The molecule has 0 bridgehead atoms. The molecule has 0 aliphatic rings. The summed E-state index contributed by atoms with van der Waals surface area (Å²) >= 11 is 5.85. The van der Waals surface area contributed by atoms with E-state index in [1.165, 1.54) is 12.3 Å². The number of carbonyl (C=O) groups is 3. The van der Waals surface area contributed by atoms with Crippen molar-refractivity contribution in [3.8, 4) is 0 Å². The van der Waals surface area contributed by atoms with Crippen LogP contribution in [0.3, 0.4) is 0 Å². The first-order valence-corrected chi connectivity index (χ1v) is 8.58. The summed E-state index contributed by atoms with van der Waals surface area (Å²) in [6, 6.07) is 4.78. The lowest BCUT2D eigenvalue weighted by atomic mass is 10.1. The van der Waals surface area contributed by atoms with E-state index in [0.29, 0.717) is 15.8 Å². The smallest absolute Gasteiger partial charge is 0.305 e. The predicted octanol–water partition coefficient (Wildman–Crippen LogP) is 2.18. The molecule has 2 N–H and O–H groups in total. The van der Waals surface area contributed by atoms with Crippen LogP contribution in [0.4, 0.5) is 4.39 Å². The van der Waals surface area contributed by atoms with Gasteiger partial charge in [-0.15, -0.1) is 0 Å². The second-order valence-electron chi connectivity index (χ2n) is 5.30. The van der Waals surface area contributed by atoms with E-state index in [4.69, 9.17) is 16.7 Å². The highest BCUT2D eigenvalue weighted by atomic mass is 35.5. The molecule has 1 aromatic heterocycles. The molecule has 0 aliphatic carbocycles. The van der Waals surface area contributed by atoms with Gasteiger partial charge in [0.15, 0.2) is 5.78 Å². The number of halogens is 2. The van der Waals surface area contributed by atoms with Crippen molar-refractivity contribution in [2.75, 3.05) is 6.67 Å². The number of ketones is 1. The number of pyridine rings is 1. The molecule has 0 saturated heterocycles. The van der Waals surface area contributed by atoms with Crippen LogP contribution >= 0.6 is 11.6 Å². The number of hydrogen-bond acceptors (Lipinski definition) is 4. The fourth-order valence-electron chi connectivity index (χ4n) is 2.29. The number of carbonyl (C=O) groups excluding carboxylic acids is 2. The third kappa shape index (κ3) is 6.18. The highest BCUT2D eigenvalue weighted by molar-refractivity contribution is 6.31. The summed E-state index contributed by atoms with van der Waals surface area (Å²) in [6.45, 7) is 2.17. The van der Waals surface area contributed by atoms with E-state index >= 15 is 0 Å². The fourth-order valence-corrected chi connectivity index (χ4v) is 2.47. The number of carboxylic acid groups (broad SMARTS) is 1. The number of nitrogens with one attached hydrogen (secondary N) is 1. The number of alkyl halides is 1. The minimum atomic E-state index is -1.48. The molecule has 1 amide bonds. The molecule has 9 heteroatoms. The zero-order chi connectivity index (χ0) is 20.6. The zero-order valence-corrected chi connectivity index (χ0v) is 15.6. The van der Waals surface area contributed by atoms with E-state index < -0.39 is 48.9 Å². The number of Topliss-reactive ketones (excluding diaryl/α,β-unsaturated/α-hetero) is 1. The summed E-state index contributed by atoms with van der Waals surface area (Å²) in [5.74, 6) is -3.17. The summed E-state index contributed by atoms with van der Waals surface area (Å²) in [7, 11) is 0. The fraction of sp³-hybridized carbons (Fsp3) is 0.333. The van der Waals surface area contributed by atoms with Crippen molar-refractivity contribution in [3.63, 3.8) is 0 Å². The first-order chi connectivity index (χ1) is 12.8. The molecule has 0 spiro atoms. The Balaban J connectivity index is 0.00000176.